The van der Waals surface area contributed by atoms with E-state index in [1.165, 1.54) is 11.1 Å². The van der Waals surface area contributed by atoms with Crippen LogP contribution < -0.4 is 0 Å². The van der Waals surface area contributed by atoms with Crippen molar-refractivity contribution < 1.29 is 19.2 Å². The Morgan fingerprint density at radius 2 is 1.64 bits per heavy atom. The lowest BCUT2D eigenvalue weighted by Crippen LogP contribution is -2.46. The van der Waals surface area contributed by atoms with Gasteiger partial charge in [0.25, 0.3) is 0 Å². The standard InChI is InChI=1S/C31H40BrN3O4/c1-30(2,3)38-29(37)39-35-21-25(27(22-35)24-7-5-4-6-8-24)20-33-16-13-31(14-17-33)15-18-34(28(31)36)19-23-9-11-26(32)12-10-23/h4-12,25,27H,13-22H2,1-3H3. The smallest absolute Gasteiger partial charge is 0.427 e. The molecule has 0 N–H and O–H groups in total. The maximum Gasteiger partial charge on any atom is 0.528 e. The number of hydrogen-bond donors (Lipinski definition) is 0. The lowest BCUT2D eigenvalue weighted by atomic mass is 9.76. The predicted molar refractivity (Wildman–Crippen MR) is 154 cm³/mol. The number of nitrogens with zero attached hydrogens (tertiary/aromatic N) is 3. The molecule has 2 atom stereocenters. The summed E-state index contributed by atoms with van der Waals surface area (Å²) in [4.78, 5) is 36.0. The molecular formula is C31H40BrN3O4. The minimum atomic E-state index is -0.651. The summed E-state index contributed by atoms with van der Waals surface area (Å²) in [6.45, 7) is 11.1. The first-order valence-corrected chi connectivity index (χ1v) is 14.9. The van der Waals surface area contributed by atoms with Gasteiger partial charge in [0.05, 0.1) is 5.41 Å². The normalized spacial score (nSPS) is 23.9. The van der Waals surface area contributed by atoms with Crippen molar-refractivity contribution in [2.45, 2.75) is 58.1 Å². The molecule has 210 valence electrons. The highest BCUT2D eigenvalue weighted by molar-refractivity contribution is 9.10. The van der Waals surface area contributed by atoms with Crippen LogP contribution in [0, 0.1) is 11.3 Å². The molecule has 39 heavy (non-hydrogen) atoms. The molecule has 1 amide bonds. The van der Waals surface area contributed by atoms with E-state index in [0.29, 0.717) is 31.5 Å². The molecule has 7 nitrogen and oxygen atoms in total. The second-order valence-corrected chi connectivity index (χ2v) is 13.3. The summed E-state index contributed by atoms with van der Waals surface area (Å²) in [7, 11) is 0. The largest absolute Gasteiger partial charge is 0.528 e. The summed E-state index contributed by atoms with van der Waals surface area (Å²) in [5, 5.41) is 1.77. The molecule has 0 bridgehead atoms. The molecule has 8 heteroatoms. The first kappa shape index (κ1) is 28.1. The molecular weight excluding hydrogens is 558 g/mol. The number of hydroxylamine groups is 2. The van der Waals surface area contributed by atoms with Gasteiger partial charge in [0.1, 0.15) is 5.60 Å². The van der Waals surface area contributed by atoms with E-state index >= 15 is 0 Å². The van der Waals surface area contributed by atoms with E-state index in [0.717, 1.165) is 49.9 Å². The average molecular weight is 599 g/mol. The fraction of sp³-hybridized carbons (Fsp3) is 0.548. The van der Waals surface area contributed by atoms with Crippen LogP contribution in [0.2, 0.25) is 0 Å². The van der Waals surface area contributed by atoms with Crippen molar-refractivity contribution in [2.75, 3.05) is 39.3 Å². The van der Waals surface area contributed by atoms with Gasteiger partial charge >= 0.3 is 6.16 Å². The van der Waals surface area contributed by atoms with Gasteiger partial charge in [-0.2, -0.15) is 0 Å². The van der Waals surface area contributed by atoms with Crippen molar-refractivity contribution in [1.82, 2.24) is 14.9 Å². The lowest BCUT2D eigenvalue weighted by Gasteiger charge is -2.39. The zero-order valence-corrected chi connectivity index (χ0v) is 24.9. The van der Waals surface area contributed by atoms with E-state index in [4.69, 9.17) is 9.57 Å². The third-order valence-corrected chi connectivity index (χ3v) is 8.95. The Balaban J connectivity index is 1.18. The summed E-state index contributed by atoms with van der Waals surface area (Å²) < 4.78 is 6.44. The molecule has 2 unspecified atom stereocenters. The van der Waals surface area contributed by atoms with Crippen LogP contribution in [0.5, 0.6) is 0 Å². The Bertz CT molecular complexity index is 1140. The zero-order valence-electron chi connectivity index (χ0n) is 23.3. The Morgan fingerprint density at radius 3 is 2.31 bits per heavy atom. The Hall–Kier alpha value is -2.42. The summed E-state index contributed by atoms with van der Waals surface area (Å²) in [5.74, 6) is 0.904. The molecule has 3 heterocycles. The molecule has 0 saturated carbocycles. The second kappa shape index (κ2) is 11.6. The molecule has 0 aliphatic carbocycles. The van der Waals surface area contributed by atoms with Gasteiger partial charge in [-0.15, -0.1) is 5.06 Å². The number of halogens is 1. The number of carbonyl (C=O) groups is 2. The van der Waals surface area contributed by atoms with Gasteiger partial charge in [-0.05, 0) is 82.3 Å². The van der Waals surface area contributed by atoms with Crippen LogP contribution in [0.15, 0.2) is 59.1 Å². The summed E-state index contributed by atoms with van der Waals surface area (Å²) in [5.41, 5.74) is 1.63. The van der Waals surface area contributed by atoms with E-state index < -0.39 is 11.8 Å². The van der Waals surface area contributed by atoms with Crippen LogP contribution in [0.4, 0.5) is 4.79 Å². The molecule has 0 aromatic heterocycles. The Labute approximate surface area is 240 Å². The number of rotatable bonds is 6. The van der Waals surface area contributed by atoms with E-state index in [1.807, 2.05) is 43.9 Å². The topological polar surface area (TPSA) is 62.3 Å². The molecule has 2 aromatic carbocycles. The summed E-state index contributed by atoms with van der Waals surface area (Å²) in [6.07, 6.45) is 2.11. The van der Waals surface area contributed by atoms with Crippen molar-refractivity contribution in [1.29, 1.82) is 0 Å². The lowest BCUT2D eigenvalue weighted by molar-refractivity contribution is -0.139. The van der Waals surface area contributed by atoms with Gasteiger partial charge in [-0.1, -0.05) is 58.4 Å². The molecule has 0 radical (unpaired) electrons. The first-order valence-electron chi connectivity index (χ1n) is 14.1. The second-order valence-electron chi connectivity index (χ2n) is 12.4. The number of benzene rings is 2. The maximum absolute atomic E-state index is 13.5. The van der Waals surface area contributed by atoms with E-state index in [2.05, 4.69) is 57.2 Å². The number of likely N-dealkylation sites (tertiary alicyclic amines) is 2. The molecule has 5 rings (SSSR count). The van der Waals surface area contributed by atoms with Crippen molar-refractivity contribution >= 4 is 28.0 Å². The zero-order chi connectivity index (χ0) is 27.6. The summed E-state index contributed by atoms with van der Waals surface area (Å²) in [6, 6.07) is 18.8. The van der Waals surface area contributed by atoms with Crippen molar-refractivity contribution in [3.63, 3.8) is 0 Å². The number of hydrogen-bond acceptors (Lipinski definition) is 6. The fourth-order valence-electron chi connectivity index (χ4n) is 6.36. The number of ether oxygens (including phenoxy) is 1. The van der Waals surface area contributed by atoms with Crippen LogP contribution in [-0.4, -0.2) is 71.8 Å². The third kappa shape index (κ3) is 6.84. The van der Waals surface area contributed by atoms with E-state index in [-0.39, 0.29) is 11.3 Å². The summed E-state index contributed by atoms with van der Waals surface area (Å²) >= 11 is 3.49. The third-order valence-electron chi connectivity index (χ3n) is 8.42. The highest BCUT2D eigenvalue weighted by Crippen LogP contribution is 2.43. The first-order chi connectivity index (χ1) is 18.6. The number of amides is 1. The maximum atomic E-state index is 13.5. The van der Waals surface area contributed by atoms with Crippen LogP contribution in [0.1, 0.15) is 57.1 Å². The van der Waals surface area contributed by atoms with Crippen molar-refractivity contribution in [3.8, 4) is 0 Å². The highest BCUT2D eigenvalue weighted by Gasteiger charge is 2.48. The van der Waals surface area contributed by atoms with E-state index in [1.54, 1.807) is 5.06 Å². The van der Waals surface area contributed by atoms with Gasteiger partial charge in [-0.3, -0.25) is 4.79 Å². The fourth-order valence-corrected chi connectivity index (χ4v) is 6.62. The van der Waals surface area contributed by atoms with Crippen LogP contribution in [-0.2, 0) is 20.9 Å². The van der Waals surface area contributed by atoms with Gasteiger partial charge in [0.2, 0.25) is 5.91 Å². The van der Waals surface area contributed by atoms with Gasteiger partial charge in [0.15, 0.2) is 0 Å². The van der Waals surface area contributed by atoms with Gasteiger partial charge < -0.3 is 19.4 Å². The average Bonchev–Trinajstić information content (AvgIpc) is 3.42. The van der Waals surface area contributed by atoms with Crippen LogP contribution >= 0.6 is 15.9 Å². The van der Waals surface area contributed by atoms with Crippen LogP contribution in [0.25, 0.3) is 0 Å². The molecule has 3 saturated heterocycles. The SMILES string of the molecule is CC(C)(C)OC(=O)ON1CC(CN2CCC3(CC2)CCN(Cc2ccc(Br)cc2)C3=O)C(c2ccccc2)C1. The Kier molecular flexibility index (Phi) is 8.36. The predicted octanol–water partition coefficient (Wildman–Crippen LogP) is 5.85. The number of piperidine rings is 1. The number of carbonyl (C=O) groups excluding carboxylic acids is 2. The molecule has 3 aliphatic rings. The highest BCUT2D eigenvalue weighted by atomic mass is 79.9. The molecule has 1 spiro atoms. The van der Waals surface area contributed by atoms with E-state index in [9.17, 15) is 9.59 Å². The molecule has 3 fully saturated rings. The molecule has 2 aromatic rings. The minimum absolute atomic E-state index is 0.216. The van der Waals surface area contributed by atoms with Crippen LogP contribution in [0.3, 0.4) is 0 Å². The quantitative estimate of drug-likeness (QED) is 0.389. The minimum Gasteiger partial charge on any atom is -0.427 e. The van der Waals surface area contributed by atoms with Crippen molar-refractivity contribution in [2.24, 2.45) is 11.3 Å². The van der Waals surface area contributed by atoms with Gasteiger partial charge in [-0.25, -0.2) is 4.79 Å². The monoisotopic (exact) mass is 597 g/mol. The van der Waals surface area contributed by atoms with Crippen molar-refractivity contribution in [3.05, 3.63) is 70.2 Å². The Morgan fingerprint density at radius 1 is 0.974 bits per heavy atom. The van der Waals surface area contributed by atoms with Gasteiger partial charge in [0, 0.05) is 43.1 Å². The molecule has 3 aliphatic heterocycles.